The summed E-state index contributed by atoms with van der Waals surface area (Å²) in [6.07, 6.45) is -0.600. The summed E-state index contributed by atoms with van der Waals surface area (Å²) in [7, 11) is 0. The van der Waals surface area contributed by atoms with Crippen molar-refractivity contribution in [3.8, 4) is 5.75 Å². The molecule has 0 saturated carbocycles. The minimum absolute atomic E-state index is 0.385. The van der Waals surface area contributed by atoms with Crippen LogP contribution in [0.4, 0.5) is 10.5 Å². The lowest BCUT2D eigenvalue weighted by atomic mass is 10.3. The number of carbonyl (C=O) groups excluding carboxylic acids is 1. The van der Waals surface area contributed by atoms with E-state index >= 15 is 0 Å². The molecular weight excluding hydrogens is 292 g/mol. The zero-order valence-corrected chi connectivity index (χ0v) is 11.8. The number of hydrogen-bond donors (Lipinski definition) is 1. The number of carbonyl (C=O) groups is 1. The van der Waals surface area contributed by atoms with E-state index in [4.69, 9.17) is 20.8 Å². The van der Waals surface area contributed by atoms with Crippen molar-refractivity contribution in [3.05, 3.63) is 53.4 Å². The summed E-state index contributed by atoms with van der Waals surface area (Å²) in [5.41, 5.74) is 1.85. The molecule has 3 rings (SSSR count). The van der Waals surface area contributed by atoms with Gasteiger partial charge in [-0.25, -0.2) is 9.78 Å². The molecule has 0 aliphatic heterocycles. The highest BCUT2D eigenvalue weighted by atomic mass is 35.5. The number of aryl methyl sites for hydroxylation is 1. The van der Waals surface area contributed by atoms with Gasteiger partial charge in [0.1, 0.15) is 11.3 Å². The first-order valence-corrected chi connectivity index (χ1v) is 6.59. The lowest BCUT2D eigenvalue weighted by Gasteiger charge is -2.06. The molecule has 1 heterocycles. The maximum atomic E-state index is 11.8. The SMILES string of the molecule is Cc1nc2cc(OC(=O)Nc3cccc(Cl)c3)ccc2o1. The summed E-state index contributed by atoms with van der Waals surface area (Å²) >= 11 is 5.85. The number of nitrogens with zero attached hydrogens (tertiary/aromatic N) is 1. The summed E-state index contributed by atoms with van der Waals surface area (Å²) in [6.45, 7) is 1.76. The normalized spacial score (nSPS) is 10.6. The molecule has 1 aromatic heterocycles. The van der Waals surface area contributed by atoms with Crippen molar-refractivity contribution in [1.82, 2.24) is 4.98 Å². The van der Waals surface area contributed by atoms with E-state index in [-0.39, 0.29) is 0 Å². The van der Waals surface area contributed by atoms with Crippen LogP contribution in [0.5, 0.6) is 5.75 Å². The molecule has 3 aromatic rings. The van der Waals surface area contributed by atoms with Gasteiger partial charge in [0.2, 0.25) is 0 Å². The fourth-order valence-electron chi connectivity index (χ4n) is 1.90. The van der Waals surface area contributed by atoms with Crippen LogP contribution in [-0.2, 0) is 0 Å². The molecule has 0 fully saturated rings. The van der Waals surface area contributed by atoms with Crippen molar-refractivity contribution in [2.24, 2.45) is 0 Å². The van der Waals surface area contributed by atoms with Gasteiger partial charge >= 0.3 is 6.09 Å². The van der Waals surface area contributed by atoms with E-state index in [1.807, 2.05) is 0 Å². The molecule has 1 N–H and O–H groups in total. The highest BCUT2D eigenvalue weighted by Gasteiger charge is 2.08. The number of anilines is 1. The second-order valence-electron chi connectivity index (χ2n) is 4.39. The van der Waals surface area contributed by atoms with E-state index in [2.05, 4.69) is 10.3 Å². The highest BCUT2D eigenvalue weighted by Crippen LogP contribution is 2.22. The molecule has 6 heteroatoms. The molecule has 0 unspecified atom stereocenters. The second kappa shape index (κ2) is 5.46. The van der Waals surface area contributed by atoms with Gasteiger partial charge in [-0.15, -0.1) is 0 Å². The van der Waals surface area contributed by atoms with Crippen molar-refractivity contribution in [1.29, 1.82) is 0 Å². The van der Waals surface area contributed by atoms with Crippen LogP contribution in [0.1, 0.15) is 5.89 Å². The third-order valence-corrected chi connectivity index (χ3v) is 2.98. The minimum atomic E-state index is -0.600. The molecule has 5 nitrogen and oxygen atoms in total. The summed E-state index contributed by atoms with van der Waals surface area (Å²) in [5.74, 6) is 0.945. The van der Waals surface area contributed by atoms with Crippen LogP contribution >= 0.6 is 11.6 Å². The number of halogens is 1. The number of oxazole rings is 1. The number of nitrogens with one attached hydrogen (secondary N) is 1. The van der Waals surface area contributed by atoms with Crippen LogP contribution in [0.3, 0.4) is 0 Å². The molecular formula is C15H11ClN2O3. The Morgan fingerprint density at radius 1 is 1.29 bits per heavy atom. The largest absolute Gasteiger partial charge is 0.441 e. The van der Waals surface area contributed by atoms with Crippen LogP contribution in [0.2, 0.25) is 5.02 Å². The van der Waals surface area contributed by atoms with Gasteiger partial charge in [0.15, 0.2) is 11.5 Å². The van der Waals surface area contributed by atoms with Crippen LogP contribution in [-0.4, -0.2) is 11.1 Å². The molecule has 1 amide bonds. The molecule has 0 spiro atoms. The average Bonchev–Trinajstić information content (AvgIpc) is 2.78. The van der Waals surface area contributed by atoms with Crippen molar-refractivity contribution >= 4 is 34.5 Å². The van der Waals surface area contributed by atoms with Crippen LogP contribution in [0.25, 0.3) is 11.1 Å². The number of hydrogen-bond acceptors (Lipinski definition) is 4. The standard InChI is InChI=1S/C15H11ClN2O3/c1-9-17-13-8-12(5-6-14(13)20-9)21-15(19)18-11-4-2-3-10(16)7-11/h2-8H,1H3,(H,18,19). The number of rotatable bonds is 2. The lowest BCUT2D eigenvalue weighted by molar-refractivity contribution is 0.215. The summed E-state index contributed by atoms with van der Waals surface area (Å²) in [4.78, 5) is 16.0. The zero-order chi connectivity index (χ0) is 14.8. The molecule has 21 heavy (non-hydrogen) atoms. The van der Waals surface area contributed by atoms with Gasteiger partial charge in [-0.05, 0) is 30.3 Å². The average molecular weight is 303 g/mol. The van der Waals surface area contributed by atoms with E-state index in [0.29, 0.717) is 33.4 Å². The van der Waals surface area contributed by atoms with Gasteiger partial charge in [-0.3, -0.25) is 5.32 Å². The van der Waals surface area contributed by atoms with Crippen molar-refractivity contribution in [2.75, 3.05) is 5.32 Å². The first-order chi connectivity index (χ1) is 10.1. The van der Waals surface area contributed by atoms with Gasteiger partial charge in [0.05, 0.1) is 0 Å². The molecule has 0 saturated heterocycles. The predicted molar refractivity (Wildman–Crippen MR) is 79.8 cm³/mol. The van der Waals surface area contributed by atoms with Gasteiger partial charge in [0, 0.05) is 23.7 Å². The van der Waals surface area contributed by atoms with Gasteiger partial charge in [-0.1, -0.05) is 17.7 Å². The van der Waals surface area contributed by atoms with E-state index in [1.54, 1.807) is 49.4 Å². The second-order valence-corrected chi connectivity index (χ2v) is 4.82. The summed E-state index contributed by atoms with van der Waals surface area (Å²) in [5, 5.41) is 3.13. The number of fused-ring (bicyclic) bond motifs is 1. The fourth-order valence-corrected chi connectivity index (χ4v) is 2.09. The Kier molecular flexibility index (Phi) is 3.50. The van der Waals surface area contributed by atoms with E-state index in [1.165, 1.54) is 0 Å². The zero-order valence-electron chi connectivity index (χ0n) is 11.1. The van der Waals surface area contributed by atoms with E-state index in [9.17, 15) is 4.79 Å². The molecule has 2 aromatic carbocycles. The Morgan fingerprint density at radius 3 is 2.95 bits per heavy atom. The number of ether oxygens (including phenoxy) is 1. The first-order valence-electron chi connectivity index (χ1n) is 6.22. The maximum absolute atomic E-state index is 11.8. The van der Waals surface area contributed by atoms with Crippen molar-refractivity contribution < 1.29 is 13.9 Å². The predicted octanol–water partition coefficient (Wildman–Crippen LogP) is 4.40. The van der Waals surface area contributed by atoms with Crippen molar-refractivity contribution in [3.63, 3.8) is 0 Å². The van der Waals surface area contributed by atoms with E-state index < -0.39 is 6.09 Å². The smallest absolute Gasteiger partial charge is 0.417 e. The third-order valence-electron chi connectivity index (χ3n) is 2.75. The number of benzene rings is 2. The number of aromatic nitrogens is 1. The Bertz CT molecular complexity index is 814. The molecule has 0 aliphatic rings. The Balaban J connectivity index is 1.73. The quantitative estimate of drug-likeness (QED) is 0.762. The van der Waals surface area contributed by atoms with Crippen molar-refractivity contribution in [2.45, 2.75) is 6.92 Å². The molecule has 0 bridgehead atoms. The maximum Gasteiger partial charge on any atom is 0.417 e. The Labute approximate surface area is 125 Å². The first kappa shape index (κ1) is 13.5. The molecule has 0 atom stereocenters. The topological polar surface area (TPSA) is 64.4 Å². The monoisotopic (exact) mass is 302 g/mol. The van der Waals surface area contributed by atoms with Crippen LogP contribution < -0.4 is 10.1 Å². The Morgan fingerprint density at radius 2 is 2.14 bits per heavy atom. The van der Waals surface area contributed by atoms with E-state index in [0.717, 1.165) is 0 Å². The molecule has 0 aliphatic carbocycles. The highest BCUT2D eigenvalue weighted by molar-refractivity contribution is 6.30. The summed E-state index contributed by atoms with van der Waals surface area (Å²) in [6, 6.07) is 11.8. The van der Waals surface area contributed by atoms with Crippen LogP contribution in [0.15, 0.2) is 46.9 Å². The third kappa shape index (κ3) is 3.14. The fraction of sp³-hybridized carbons (Fsp3) is 0.0667. The molecule has 106 valence electrons. The number of amides is 1. The minimum Gasteiger partial charge on any atom is -0.441 e. The Hall–Kier alpha value is -2.53. The van der Waals surface area contributed by atoms with Gasteiger partial charge < -0.3 is 9.15 Å². The van der Waals surface area contributed by atoms with Gasteiger partial charge in [0.25, 0.3) is 0 Å². The summed E-state index contributed by atoms with van der Waals surface area (Å²) < 4.78 is 10.6. The van der Waals surface area contributed by atoms with Gasteiger partial charge in [-0.2, -0.15) is 0 Å². The van der Waals surface area contributed by atoms with Crippen LogP contribution in [0, 0.1) is 6.92 Å². The lowest BCUT2D eigenvalue weighted by Crippen LogP contribution is -2.16. The molecule has 0 radical (unpaired) electrons.